The summed E-state index contributed by atoms with van der Waals surface area (Å²) >= 11 is 5.73. The number of aromatic nitrogens is 5. The Hall–Kier alpha value is -3.79. The van der Waals surface area contributed by atoms with Crippen LogP contribution < -0.4 is 5.32 Å². The Morgan fingerprint density at radius 1 is 1.06 bits per heavy atom. The van der Waals surface area contributed by atoms with Crippen LogP contribution in [-0.4, -0.2) is 30.9 Å². The van der Waals surface area contributed by atoms with Gasteiger partial charge in [-0.05, 0) is 48.0 Å². The van der Waals surface area contributed by atoms with Crippen LogP contribution >= 0.6 is 11.6 Å². The van der Waals surface area contributed by atoms with Crippen LogP contribution in [0.1, 0.15) is 21.6 Å². The van der Waals surface area contributed by atoms with Gasteiger partial charge in [-0.3, -0.25) is 9.78 Å². The number of alkyl halides is 4. The summed E-state index contributed by atoms with van der Waals surface area (Å²) in [4.78, 5) is 16.2. The van der Waals surface area contributed by atoms with E-state index in [-0.39, 0.29) is 17.3 Å². The van der Waals surface area contributed by atoms with Crippen LogP contribution in [0.25, 0.3) is 17.1 Å². The topological polar surface area (TPSA) is 85.6 Å². The van der Waals surface area contributed by atoms with Gasteiger partial charge in [-0.2, -0.15) is 18.3 Å². The lowest BCUT2D eigenvalue weighted by Gasteiger charge is -2.09. The molecule has 4 rings (SSSR count). The van der Waals surface area contributed by atoms with Crippen molar-refractivity contribution >= 4 is 23.3 Å². The van der Waals surface area contributed by atoms with Crippen LogP contribution in [-0.2, 0) is 12.1 Å². The minimum Gasteiger partial charge on any atom is -0.305 e. The van der Waals surface area contributed by atoms with E-state index in [2.05, 4.69) is 25.6 Å². The maximum atomic E-state index is 13.6. The normalized spacial score (nSPS) is 11.4. The van der Waals surface area contributed by atoms with Gasteiger partial charge in [0.05, 0.1) is 5.69 Å². The SMILES string of the molecule is O=C(Nc1ccc(-n2nc(-c3cccnc3)cc2C(F)(F)F)nn1)c1ccc(CCl)cc1. The highest BCUT2D eigenvalue weighted by Gasteiger charge is 2.37. The first-order valence-electron chi connectivity index (χ1n) is 9.23. The van der Waals surface area contributed by atoms with Gasteiger partial charge in [0, 0.05) is 29.4 Å². The molecule has 0 spiro atoms. The Morgan fingerprint density at radius 2 is 1.84 bits per heavy atom. The van der Waals surface area contributed by atoms with Crippen LogP contribution in [0.4, 0.5) is 19.0 Å². The maximum Gasteiger partial charge on any atom is 0.433 e. The van der Waals surface area contributed by atoms with E-state index in [0.29, 0.717) is 21.7 Å². The molecule has 11 heteroatoms. The lowest BCUT2D eigenvalue weighted by Crippen LogP contribution is -2.16. The van der Waals surface area contributed by atoms with Crippen LogP contribution in [0.5, 0.6) is 0 Å². The van der Waals surface area contributed by atoms with Gasteiger partial charge in [0.2, 0.25) is 0 Å². The molecular formula is C21H14ClF3N6O. The zero-order chi connectivity index (χ0) is 22.7. The van der Waals surface area contributed by atoms with E-state index in [0.717, 1.165) is 11.6 Å². The van der Waals surface area contributed by atoms with Crippen molar-refractivity contribution in [1.29, 1.82) is 0 Å². The van der Waals surface area contributed by atoms with Crippen molar-refractivity contribution in [2.45, 2.75) is 12.1 Å². The molecule has 0 radical (unpaired) electrons. The third-order valence-corrected chi connectivity index (χ3v) is 4.75. The first-order chi connectivity index (χ1) is 15.3. The Labute approximate surface area is 184 Å². The van der Waals surface area contributed by atoms with Crippen molar-refractivity contribution in [2.24, 2.45) is 0 Å². The van der Waals surface area contributed by atoms with E-state index in [1.165, 1.54) is 24.5 Å². The third-order valence-electron chi connectivity index (χ3n) is 4.44. The largest absolute Gasteiger partial charge is 0.433 e. The molecule has 0 bridgehead atoms. The summed E-state index contributed by atoms with van der Waals surface area (Å²) in [6, 6.07) is 13.4. The van der Waals surface area contributed by atoms with E-state index in [4.69, 9.17) is 11.6 Å². The number of rotatable bonds is 5. The second-order valence-corrected chi connectivity index (χ2v) is 6.89. The molecule has 7 nitrogen and oxygen atoms in total. The van der Waals surface area contributed by atoms with E-state index in [9.17, 15) is 18.0 Å². The minimum atomic E-state index is -4.67. The third kappa shape index (κ3) is 4.59. The Kier molecular flexibility index (Phi) is 5.87. The summed E-state index contributed by atoms with van der Waals surface area (Å²) in [5.41, 5.74) is 0.732. The smallest absolute Gasteiger partial charge is 0.305 e. The Balaban J connectivity index is 1.59. The van der Waals surface area contributed by atoms with Gasteiger partial charge in [-0.1, -0.05) is 12.1 Å². The number of nitrogens with one attached hydrogen (secondary N) is 1. The lowest BCUT2D eigenvalue weighted by molar-refractivity contribution is -0.142. The van der Waals surface area contributed by atoms with Crippen molar-refractivity contribution in [3.63, 3.8) is 0 Å². The summed E-state index contributed by atoms with van der Waals surface area (Å²) in [6.07, 6.45) is -1.75. The van der Waals surface area contributed by atoms with E-state index >= 15 is 0 Å². The van der Waals surface area contributed by atoms with Crippen LogP contribution in [0.15, 0.2) is 67.0 Å². The molecule has 0 aliphatic rings. The quantitative estimate of drug-likeness (QED) is 0.437. The van der Waals surface area contributed by atoms with Gasteiger partial charge >= 0.3 is 6.18 Å². The molecule has 32 heavy (non-hydrogen) atoms. The van der Waals surface area contributed by atoms with E-state index in [1.807, 2.05) is 0 Å². The maximum absolute atomic E-state index is 13.6. The number of carbonyl (C=O) groups is 1. The molecule has 1 N–H and O–H groups in total. The number of halogens is 4. The molecule has 0 saturated carbocycles. The standard InChI is InChI=1S/C21H14ClF3N6O/c22-11-13-3-5-14(6-4-13)20(32)27-18-7-8-19(29-28-18)31-17(21(23,24)25)10-16(30-31)15-2-1-9-26-12-15/h1-10,12H,11H2,(H,27,28,32). The highest BCUT2D eigenvalue weighted by molar-refractivity contribution is 6.17. The summed E-state index contributed by atoms with van der Waals surface area (Å²) < 4.78 is 41.4. The average Bonchev–Trinajstić information content (AvgIpc) is 3.26. The number of hydrogen-bond acceptors (Lipinski definition) is 5. The highest BCUT2D eigenvalue weighted by atomic mass is 35.5. The predicted molar refractivity (Wildman–Crippen MR) is 111 cm³/mol. The van der Waals surface area contributed by atoms with Crippen molar-refractivity contribution in [2.75, 3.05) is 5.32 Å². The Bertz CT molecular complexity index is 1230. The molecule has 4 aromatic rings. The average molecular weight is 459 g/mol. The fraction of sp³-hybridized carbons (Fsp3) is 0.0952. The number of pyridine rings is 1. The summed E-state index contributed by atoms with van der Waals surface area (Å²) in [5, 5.41) is 14.2. The molecule has 0 unspecified atom stereocenters. The van der Waals surface area contributed by atoms with E-state index < -0.39 is 17.8 Å². The van der Waals surface area contributed by atoms with Crippen molar-refractivity contribution in [3.05, 3.63) is 83.8 Å². The molecule has 0 aliphatic heterocycles. The summed E-state index contributed by atoms with van der Waals surface area (Å²) in [7, 11) is 0. The first-order valence-corrected chi connectivity index (χ1v) is 9.76. The van der Waals surface area contributed by atoms with Crippen molar-refractivity contribution in [1.82, 2.24) is 25.0 Å². The molecule has 162 valence electrons. The van der Waals surface area contributed by atoms with Gasteiger partial charge in [0.15, 0.2) is 17.3 Å². The first kappa shape index (κ1) is 21.4. The number of amides is 1. The highest BCUT2D eigenvalue weighted by Crippen LogP contribution is 2.33. The number of hydrogen-bond donors (Lipinski definition) is 1. The van der Waals surface area contributed by atoms with Crippen LogP contribution in [0.2, 0.25) is 0 Å². The van der Waals surface area contributed by atoms with Crippen LogP contribution in [0.3, 0.4) is 0 Å². The second-order valence-electron chi connectivity index (χ2n) is 6.63. The monoisotopic (exact) mass is 458 g/mol. The number of benzene rings is 1. The summed E-state index contributed by atoms with van der Waals surface area (Å²) in [5.74, 6) is -0.197. The number of anilines is 1. The molecule has 3 aromatic heterocycles. The molecule has 0 saturated heterocycles. The van der Waals surface area contributed by atoms with Crippen molar-refractivity contribution < 1.29 is 18.0 Å². The molecule has 3 heterocycles. The zero-order valence-electron chi connectivity index (χ0n) is 16.2. The second kappa shape index (κ2) is 8.75. The summed E-state index contributed by atoms with van der Waals surface area (Å²) in [6.45, 7) is 0. The molecule has 1 amide bonds. The molecule has 0 atom stereocenters. The minimum absolute atomic E-state index is 0.0772. The number of nitrogens with zero attached hydrogens (tertiary/aromatic N) is 5. The van der Waals surface area contributed by atoms with Gasteiger partial charge in [-0.15, -0.1) is 21.8 Å². The lowest BCUT2D eigenvalue weighted by atomic mass is 10.1. The van der Waals surface area contributed by atoms with Crippen molar-refractivity contribution in [3.8, 4) is 17.1 Å². The zero-order valence-corrected chi connectivity index (χ0v) is 17.0. The van der Waals surface area contributed by atoms with Crippen LogP contribution in [0, 0.1) is 0 Å². The molecule has 1 aromatic carbocycles. The van der Waals surface area contributed by atoms with E-state index in [1.54, 1.807) is 36.4 Å². The van der Waals surface area contributed by atoms with Gasteiger partial charge in [0.1, 0.15) is 0 Å². The van der Waals surface area contributed by atoms with Gasteiger partial charge < -0.3 is 5.32 Å². The number of carbonyl (C=O) groups excluding carboxylic acids is 1. The Morgan fingerprint density at radius 3 is 2.44 bits per heavy atom. The molecular weight excluding hydrogens is 445 g/mol. The fourth-order valence-electron chi connectivity index (χ4n) is 2.85. The van der Waals surface area contributed by atoms with Gasteiger partial charge in [-0.25, -0.2) is 4.68 Å². The molecule has 0 aliphatic carbocycles. The molecule has 0 fully saturated rings. The predicted octanol–water partition coefficient (Wildman–Crippen LogP) is 4.73. The fourth-order valence-corrected chi connectivity index (χ4v) is 3.03. The van der Waals surface area contributed by atoms with Gasteiger partial charge in [0.25, 0.3) is 5.91 Å².